The quantitative estimate of drug-likeness (QED) is 0.541. The number of pyridine rings is 1. The SMILES string of the molecule is N=C(N)c1ccc(N2C(=O)N(c3ccccn3)CC2CCC(=O)O)cc1. The molecule has 0 saturated carbocycles. The Hall–Kier alpha value is -3.42. The topological polar surface area (TPSA) is 124 Å². The highest BCUT2D eigenvalue weighted by molar-refractivity contribution is 6.06. The van der Waals surface area contributed by atoms with Crippen LogP contribution in [0.25, 0.3) is 0 Å². The molecule has 1 aromatic carbocycles. The van der Waals surface area contributed by atoms with E-state index < -0.39 is 5.97 Å². The Labute approximate surface area is 150 Å². The van der Waals surface area contributed by atoms with E-state index in [2.05, 4.69) is 4.98 Å². The number of carboxylic acids is 1. The van der Waals surface area contributed by atoms with E-state index in [9.17, 15) is 9.59 Å². The molecule has 1 unspecified atom stereocenters. The van der Waals surface area contributed by atoms with Crippen LogP contribution in [0.2, 0.25) is 0 Å². The smallest absolute Gasteiger partial charge is 0.330 e. The average Bonchev–Trinajstić information content (AvgIpc) is 2.97. The van der Waals surface area contributed by atoms with E-state index in [4.69, 9.17) is 16.2 Å². The van der Waals surface area contributed by atoms with Crippen LogP contribution in [0.3, 0.4) is 0 Å². The van der Waals surface area contributed by atoms with Crippen molar-refractivity contribution < 1.29 is 14.7 Å². The van der Waals surface area contributed by atoms with Gasteiger partial charge in [-0.05, 0) is 42.8 Å². The second-order valence-corrected chi connectivity index (χ2v) is 6.00. The third kappa shape index (κ3) is 3.49. The molecule has 0 radical (unpaired) electrons. The minimum absolute atomic E-state index is 0.0317. The summed E-state index contributed by atoms with van der Waals surface area (Å²) < 4.78 is 0. The molecule has 1 atom stereocenters. The Morgan fingerprint density at radius 1 is 1.27 bits per heavy atom. The summed E-state index contributed by atoms with van der Waals surface area (Å²) in [7, 11) is 0. The van der Waals surface area contributed by atoms with E-state index in [0.717, 1.165) is 0 Å². The van der Waals surface area contributed by atoms with E-state index in [0.29, 0.717) is 30.0 Å². The van der Waals surface area contributed by atoms with Gasteiger partial charge in [-0.25, -0.2) is 9.78 Å². The normalized spacial score (nSPS) is 16.8. The van der Waals surface area contributed by atoms with Crippen LogP contribution in [0.5, 0.6) is 0 Å². The number of benzene rings is 1. The first-order valence-electron chi connectivity index (χ1n) is 8.15. The van der Waals surface area contributed by atoms with Gasteiger partial charge in [0.05, 0.1) is 12.6 Å². The van der Waals surface area contributed by atoms with Gasteiger partial charge in [0, 0.05) is 23.9 Å². The summed E-state index contributed by atoms with van der Waals surface area (Å²) in [5.74, 6) is -0.428. The molecule has 4 N–H and O–H groups in total. The van der Waals surface area contributed by atoms with Crippen LogP contribution in [0.1, 0.15) is 18.4 Å². The van der Waals surface area contributed by atoms with Crippen molar-refractivity contribution in [2.75, 3.05) is 16.3 Å². The lowest BCUT2D eigenvalue weighted by Crippen LogP contribution is -2.35. The zero-order valence-corrected chi connectivity index (χ0v) is 14.0. The summed E-state index contributed by atoms with van der Waals surface area (Å²) in [4.78, 5) is 31.3. The zero-order chi connectivity index (χ0) is 18.7. The first-order valence-corrected chi connectivity index (χ1v) is 8.15. The lowest BCUT2D eigenvalue weighted by atomic mass is 10.1. The summed E-state index contributed by atoms with van der Waals surface area (Å²) in [5, 5.41) is 16.5. The minimum atomic E-state index is -0.902. The number of rotatable bonds is 6. The number of nitrogens with two attached hydrogens (primary N) is 1. The lowest BCUT2D eigenvalue weighted by molar-refractivity contribution is -0.137. The highest BCUT2D eigenvalue weighted by atomic mass is 16.4. The van der Waals surface area contributed by atoms with Crippen LogP contribution >= 0.6 is 0 Å². The molecule has 0 spiro atoms. The number of anilines is 2. The number of urea groups is 1. The number of carbonyl (C=O) groups excluding carboxylic acids is 1. The Morgan fingerprint density at radius 3 is 2.58 bits per heavy atom. The molecule has 26 heavy (non-hydrogen) atoms. The summed E-state index contributed by atoms with van der Waals surface area (Å²) in [5.41, 5.74) is 6.66. The maximum atomic E-state index is 13.0. The van der Waals surface area contributed by atoms with Crippen LogP contribution in [-0.2, 0) is 4.79 Å². The maximum Gasteiger partial charge on any atom is 0.330 e. The molecule has 1 aliphatic heterocycles. The van der Waals surface area contributed by atoms with Gasteiger partial charge in [0.2, 0.25) is 0 Å². The molecule has 0 aliphatic carbocycles. The van der Waals surface area contributed by atoms with E-state index >= 15 is 0 Å². The molecule has 8 heteroatoms. The molecule has 1 fully saturated rings. The van der Waals surface area contributed by atoms with Crippen molar-refractivity contribution in [2.45, 2.75) is 18.9 Å². The molecule has 134 valence electrons. The largest absolute Gasteiger partial charge is 0.481 e. The highest BCUT2D eigenvalue weighted by Gasteiger charge is 2.39. The Kier molecular flexibility index (Phi) is 4.83. The van der Waals surface area contributed by atoms with Crippen molar-refractivity contribution in [3.8, 4) is 0 Å². The molecular weight excluding hydrogens is 334 g/mol. The molecule has 8 nitrogen and oxygen atoms in total. The minimum Gasteiger partial charge on any atom is -0.481 e. The van der Waals surface area contributed by atoms with Gasteiger partial charge in [-0.2, -0.15) is 0 Å². The fourth-order valence-electron chi connectivity index (χ4n) is 2.99. The number of amidine groups is 1. The molecule has 1 saturated heterocycles. The number of hydrogen-bond acceptors (Lipinski definition) is 4. The first-order chi connectivity index (χ1) is 12.5. The van der Waals surface area contributed by atoms with E-state index in [1.807, 2.05) is 0 Å². The van der Waals surface area contributed by atoms with Crippen LogP contribution in [0.4, 0.5) is 16.3 Å². The average molecular weight is 353 g/mol. The number of carboxylic acid groups (broad SMARTS) is 1. The second-order valence-electron chi connectivity index (χ2n) is 6.00. The predicted molar refractivity (Wildman–Crippen MR) is 97.6 cm³/mol. The van der Waals surface area contributed by atoms with Gasteiger partial charge < -0.3 is 10.8 Å². The highest BCUT2D eigenvalue weighted by Crippen LogP contribution is 2.30. The van der Waals surface area contributed by atoms with E-state index in [1.54, 1.807) is 58.5 Å². The van der Waals surface area contributed by atoms with Crippen molar-refractivity contribution in [1.29, 1.82) is 5.41 Å². The molecule has 2 amide bonds. The number of aliphatic carboxylic acids is 1. The Balaban J connectivity index is 1.91. The number of hydrogen-bond donors (Lipinski definition) is 3. The molecule has 3 rings (SSSR count). The van der Waals surface area contributed by atoms with Crippen molar-refractivity contribution in [3.05, 3.63) is 54.2 Å². The molecule has 1 aliphatic rings. The number of carbonyl (C=O) groups is 2. The number of amides is 2. The summed E-state index contributed by atoms with van der Waals surface area (Å²) in [6.45, 7) is 0.359. The van der Waals surface area contributed by atoms with Crippen LogP contribution in [0.15, 0.2) is 48.7 Å². The fraction of sp³-hybridized carbons (Fsp3) is 0.222. The van der Waals surface area contributed by atoms with Gasteiger partial charge in [-0.1, -0.05) is 6.07 Å². The zero-order valence-electron chi connectivity index (χ0n) is 14.0. The van der Waals surface area contributed by atoms with Crippen LogP contribution in [0, 0.1) is 5.41 Å². The predicted octanol–water partition coefficient (Wildman–Crippen LogP) is 2.05. The fourth-order valence-corrected chi connectivity index (χ4v) is 2.99. The maximum absolute atomic E-state index is 13.0. The van der Waals surface area contributed by atoms with Gasteiger partial charge in [0.15, 0.2) is 0 Å². The molecule has 0 bridgehead atoms. The van der Waals surface area contributed by atoms with Gasteiger partial charge in [0.25, 0.3) is 0 Å². The van der Waals surface area contributed by atoms with Crippen molar-refractivity contribution in [3.63, 3.8) is 0 Å². The van der Waals surface area contributed by atoms with Gasteiger partial charge in [0.1, 0.15) is 11.7 Å². The van der Waals surface area contributed by atoms with Crippen LogP contribution in [-0.4, -0.2) is 40.5 Å². The van der Waals surface area contributed by atoms with Crippen LogP contribution < -0.4 is 15.5 Å². The summed E-state index contributed by atoms with van der Waals surface area (Å²) in [6.07, 6.45) is 1.91. The van der Waals surface area contributed by atoms with Gasteiger partial charge in [-0.3, -0.25) is 20.0 Å². The number of nitrogens with one attached hydrogen (secondary N) is 1. The van der Waals surface area contributed by atoms with E-state index in [1.165, 1.54) is 0 Å². The van der Waals surface area contributed by atoms with Crippen molar-refractivity contribution in [1.82, 2.24) is 4.98 Å². The Morgan fingerprint density at radius 2 is 2.00 bits per heavy atom. The second kappa shape index (κ2) is 7.22. The standard InChI is InChI=1S/C18H19N5O3/c19-17(20)12-4-6-13(7-5-12)23-14(8-9-16(24)25)11-22(18(23)26)15-3-1-2-10-21-15/h1-7,10,14H,8-9,11H2,(H3,19,20)(H,24,25). The summed E-state index contributed by atoms with van der Waals surface area (Å²) >= 11 is 0. The molecular formula is C18H19N5O3. The molecule has 1 aromatic heterocycles. The Bertz CT molecular complexity index is 822. The lowest BCUT2D eigenvalue weighted by Gasteiger charge is -2.23. The summed E-state index contributed by atoms with van der Waals surface area (Å²) in [6, 6.07) is 11.5. The third-order valence-corrected chi connectivity index (χ3v) is 4.27. The van der Waals surface area contributed by atoms with Gasteiger partial charge in [-0.15, -0.1) is 0 Å². The monoisotopic (exact) mass is 353 g/mol. The van der Waals surface area contributed by atoms with Crippen molar-refractivity contribution in [2.24, 2.45) is 5.73 Å². The third-order valence-electron chi connectivity index (χ3n) is 4.27. The number of nitrogen functional groups attached to an aromatic ring is 1. The van der Waals surface area contributed by atoms with E-state index in [-0.39, 0.29) is 24.3 Å². The molecule has 2 aromatic rings. The number of nitrogens with zero attached hydrogens (tertiary/aromatic N) is 3. The number of aromatic nitrogens is 1. The van der Waals surface area contributed by atoms with Crippen molar-refractivity contribution >= 4 is 29.3 Å². The first kappa shape index (κ1) is 17.4. The van der Waals surface area contributed by atoms with Gasteiger partial charge >= 0.3 is 12.0 Å². The molecule has 2 heterocycles.